The minimum Gasteiger partial charge on any atom is -0.496 e. The number of nitrogens with one attached hydrogen (secondary N) is 2. The number of amides is 2. The van der Waals surface area contributed by atoms with Gasteiger partial charge in [0.15, 0.2) is 0 Å². The third-order valence-corrected chi connectivity index (χ3v) is 5.63. The summed E-state index contributed by atoms with van der Waals surface area (Å²) in [5.74, 6) is 0.654. The van der Waals surface area contributed by atoms with Gasteiger partial charge in [-0.15, -0.1) is 0 Å². The third-order valence-electron chi connectivity index (χ3n) is 5.30. The number of carbonyl (C=O) groups is 2. The molecule has 2 amide bonds. The zero-order valence-electron chi connectivity index (χ0n) is 19.6. The molecule has 1 aliphatic rings. The van der Waals surface area contributed by atoms with Crippen molar-refractivity contribution in [2.45, 2.75) is 52.1 Å². The number of ether oxygens (including phenoxy) is 2. The van der Waals surface area contributed by atoms with E-state index in [2.05, 4.69) is 15.5 Å². The lowest BCUT2D eigenvalue weighted by Crippen LogP contribution is -2.36. The normalized spacial score (nSPS) is 16.6. The highest BCUT2D eigenvalue weighted by Crippen LogP contribution is 2.28. The van der Waals surface area contributed by atoms with E-state index in [1.807, 2.05) is 20.8 Å². The largest absolute Gasteiger partial charge is 0.496 e. The van der Waals surface area contributed by atoms with Crippen molar-refractivity contribution >= 4 is 29.3 Å². The van der Waals surface area contributed by atoms with E-state index in [1.54, 1.807) is 6.07 Å². The van der Waals surface area contributed by atoms with E-state index in [-0.39, 0.29) is 12.0 Å². The van der Waals surface area contributed by atoms with Gasteiger partial charge in [-0.1, -0.05) is 18.0 Å². The summed E-state index contributed by atoms with van der Waals surface area (Å²) in [6.07, 6.45) is 3.72. The number of nitrogens with zero attached hydrogens (tertiary/aromatic N) is 1. The van der Waals surface area contributed by atoms with Crippen molar-refractivity contribution in [3.05, 3.63) is 22.7 Å². The number of hydrogen-bond donors (Lipinski definition) is 3. The molecule has 4 N–H and O–H groups in total. The van der Waals surface area contributed by atoms with E-state index in [0.29, 0.717) is 41.0 Å². The molecule has 0 saturated carbocycles. The Morgan fingerprint density at radius 3 is 2.66 bits per heavy atom. The van der Waals surface area contributed by atoms with Gasteiger partial charge in [-0.25, -0.2) is 4.79 Å². The Morgan fingerprint density at radius 1 is 1.22 bits per heavy atom. The number of likely N-dealkylation sites (tertiary alicyclic amines) is 1. The number of unbranched alkanes of at least 4 members (excludes halogenated alkanes) is 2. The summed E-state index contributed by atoms with van der Waals surface area (Å²) in [7, 11) is 1.50. The molecule has 2 rings (SSSR count). The maximum Gasteiger partial charge on any atom is 0.407 e. The molecule has 0 spiro atoms. The molecule has 32 heavy (non-hydrogen) atoms. The van der Waals surface area contributed by atoms with Crippen LogP contribution in [0, 0.1) is 5.92 Å². The van der Waals surface area contributed by atoms with Crippen LogP contribution in [0.25, 0.3) is 0 Å². The van der Waals surface area contributed by atoms with Crippen LogP contribution >= 0.6 is 11.6 Å². The van der Waals surface area contributed by atoms with Crippen molar-refractivity contribution in [1.29, 1.82) is 0 Å². The Balaban J connectivity index is 1.59. The second-order valence-corrected chi connectivity index (χ2v) is 9.64. The van der Waals surface area contributed by atoms with Gasteiger partial charge in [-0.3, -0.25) is 4.79 Å². The van der Waals surface area contributed by atoms with E-state index >= 15 is 0 Å². The first-order valence-electron chi connectivity index (χ1n) is 11.2. The first-order chi connectivity index (χ1) is 15.1. The maximum atomic E-state index is 12.4. The van der Waals surface area contributed by atoms with Crippen LogP contribution in [0.5, 0.6) is 5.75 Å². The maximum absolute atomic E-state index is 12.4. The van der Waals surface area contributed by atoms with Crippen LogP contribution in [0.4, 0.5) is 10.5 Å². The van der Waals surface area contributed by atoms with Crippen LogP contribution < -0.4 is 21.1 Å². The quantitative estimate of drug-likeness (QED) is 0.357. The molecule has 1 aromatic carbocycles. The molecular weight excluding hydrogens is 432 g/mol. The van der Waals surface area contributed by atoms with Gasteiger partial charge in [0.2, 0.25) is 0 Å². The van der Waals surface area contributed by atoms with Gasteiger partial charge < -0.3 is 30.7 Å². The Labute approximate surface area is 196 Å². The molecule has 1 atom stereocenters. The second-order valence-electron chi connectivity index (χ2n) is 9.23. The molecule has 1 saturated heterocycles. The summed E-state index contributed by atoms with van der Waals surface area (Å²) in [5.41, 5.74) is 6.05. The number of alkyl carbamates (subject to hydrolysis) is 1. The number of halogens is 1. The number of nitrogens with two attached hydrogens (primary N) is 1. The monoisotopic (exact) mass is 468 g/mol. The lowest BCUT2D eigenvalue weighted by atomic mass is 10.1. The van der Waals surface area contributed by atoms with E-state index < -0.39 is 5.60 Å². The van der Waals surface area contributed by atoms with E-state index in [1.165, 1.54) is 13.2 Å². The minimum atomic E-state index is -0.473. The molecule has 9 heteroatoms. The Morgan fingerprint density at radius 2 is 1.97 bits per heavy atom. The average Bonchev–Trinajstić information content (AvgIpc) is 3.17. The highest BCUT2D eigenvalue weighted by atomic mass is 35.5. The van der Waals surface area contributed by atoms with Crippen LogP contribution in [-0.4, -0.2) is 62.3 Å². The summed E-state index contributed by atoms with van der Waals surface area (Å²) in [4.78, 5) is 26.6. The van der Waals surface area contributed by atoms with Gasteiger partial charge in [-0.05, 0) is 65.1 Å². The highest BCUT2D eigenvalue weighted by molar-refractivity contribution is 6.33. The van der Waals surface area contributed by atoms with Gasteiger partial charge in [-0.2, -0.15) is 0 Å². The summed E-state index contributed by atoms with van der Waals surface area (Å²) in [5, 5.41) is 6.12. The predicted octanol–water partition coefficient (Wildman–Crippen LogP) is 3.68. The summed E-state index contributed by atoms with van der Waals surface area (Å²) < 4.78 is 10.5. The van der Waals surface area contributed by atoms with Gasteiger partial charge in [0.05, 0.1) is 23.4 Å². The average molecular weight is 469 g/mol. The molecule has 0 radical (unpaired) electrons. The standard InChI is InChI=1S/C23H37ClN4O4/c1-23(2,3)32-22(30)27-14-16-8-11-28(15-16)10-7-5-6-9-26-21(29)17-12-18(24)19(25)13-20(17)31-4/h12-13,16H,5-11,14-15,25H2,1-4H3,(H,26,29)(H,27,30)/t16-/m0/s1. The summed E-state index contributed by atoms with van der Waals surface area (Å²) in [6, 6.07) is 3.09. The fourth-order valence-electron chi connectivity index (χ4n) is 3.67. The second kappa shape index (κ2) is 12.2. The Kier molecular flexibility index (Phi) is 9.90. The van der Waals surface area contributed by atoms with Crippen molar-refractivity contribution in [3.63, 3.8) is 0 Å². The van der Waals surface area contributed by atoms with Crippen molar-refractivity contribution in [2.75, 3.05) is 45.6 Å². The highest BCUT2D eigenvalue weighted by Gasteiger charge is 2.23. The number of benzene rings is 1. The van der Waals surface area contributed by atoms with Crippen molar-refractivity contribution in [3.8, 4) is 5.75 Å². The van der Waals surface area contributed by atoms with E-state index in [9.17, 15) is 9.59 Å². The molecule has 8 nitrogen and oxygen atoms in total. The number of anilines is 1. The van der Waals surface area contributed by atoms with Crippen LogP contribution in [0.2, 0.25) is 5.02 Å². The van der Waals surface area contributed by atoms with Gasteiger partial charge in [0.1, 0.15) is 11.4 Å². The number of hydrogen-bond acceptors (Lipinski definition) is 6. The Bertz CT molecular complexity index is 782. The van der Waals surface area contributed by atoms with Crippen molar-refractivity contribution < 1.29 is 19.1 Å². The minimum absolute atomic E-state index is 0.219. The summed E-state index contributed by atoms with van der Waals surface area (Å²) in [6.45, 7) is 9.89. The van der Waals surface area contributed by atoms with Gasteiger partial charge in [0.25, 0.3) is 5.91 Å². The lowest BCUT2D eigenvalue weighted by molar-refractivity contribution is 0.0519. The topological polar surface area (TPSA) is 106 Å². The first-order valence-corrected chi connectivity index (χ1v) is 11.6. The lowest BCUT2D eigenvalue weighted by Gasteiger charge is -2.21. The van der Waals surface area contributed by atoms with Gasteiger partial charge in [0, 0.05) is 25.7 Å². The zero-order valence-corrected chi connectivity index (χ0v) is 20.4. The molecule has 1 fully saturated rings. The van der Waals surface area contributed by atoms with E-state index in [4.69, 9.17) is 26.8 Å². The third kappa shape index (κ3) is 8.74. The number of methoxy groups -OCH3 is 1. The van der Waals surface area contributed by atoms with Crippen molar-refractivity contribution in [1.82, 2.24) is 15.5 Å². The zero-order chi connectivity index (χ0) is 23.7. The van der Waals surface area contributed by atoms with Crippen LogP contribution in [-0.2, 0) is 4.74 Å². The molecule has 1 aliphatic heterocycles. The van der Waals surface area contributed by atoms with Gasteiger partial charge >= 0.3 is 6.09 Å². The number of carbonyl (C=O) groups excluding carboxylic acids is 2. The fourth-order valence-corrected chi connectivity index (χ4v) is 3.84. The molecule has 0 bridgehead atoms. The fraction of sp³-hybridized carbons (Fsp3) is 0.652. The predicted molar refractivity (Wildman–Crippen MR) is 127 cm³/mol. The smallest absolute Gasteiger partial charge is 0.407 e. The molecule has 0 aromatic heterocycles. The molecule has 1 heterocycles. The van der Waals surface area contributed by atoms with Crippen LogP contribution in [0.3, 0.4) is 0 Å². The molecule has 180 valence electrons. The summed E-state index contributed by atoms with van der Waals surface area (Å²) >= 11 is 6.03. The molecular formula is C23H37ClN4O4. The molecule has 0 unspecified atom stereocenters. The number of nitrogen functional groups attached to an aromatic ring is 1. The first kappa shape index (κ1) is 26.1. The molecule has 0 aliphatic carbocycles. The van der Waals surface area contributed by atoms with E-state index in [0.717, 1.165) is 45.3 Å². The van der Waals surface area contributed by atoms with Crippen molar-refractivity contribution in [2.24, 2.45) is 5.92 Å². The SMILES string of the molecule is COc1cc(N)c(Cl)cc1C(=O)NCCCCCN1CC[C@@H](CNC(=O)OC(C)(C)C)C1. The van der Waals surface area contributed by atoms with Crippen LogP contribution in [0.1, 0.15) is 56.8 Å². The Hall–Kier alpha value is -2.19. The molecule has 1 aromatic rings. The van der Waals surface area contributed by atoms with Crippen LogP contribution in [0.15, 0.2) is 12.1 Å². The number of rotatable bonds is 10.